The fourth-order valence-corrected chi connectivity index (χ4v) is 2.30. The second kappa shape index (κ2) is 6.67. The summed E-state index contributed by atoms with van der Waals surface area (Å²) in [5, 5.41) is 1.95. The number of carbonyl (C=O) groups excluding carboxylic acids is 2. The molecule has 0 aromatic carbocycles. The molecule has 1 atom stereocenters. The highest BCUT2D eigenvalue weighted by molar-refractivity contribution is 7.98. The summed E-state index contributed by atoms with van der Waals surface area (Å²) in [6.45, 7) is 0.533. The average molecular weight is 296 g/mol. The van der Waals surface area contributed by atoms with Gasteiger partial charge in [-0.05, 0) is 25.2 Å². The normalized spacial score (nSPS) is 18.7. The van der Waals surface area contributed by atoms with Crippen molar-refractivity contribution < 1.29 is 14.3 Å². The Morgan fingerprint density at radius 1 is 1.55 bits per heavy atom. The molecule has 0 radical (unpaired) electrons. The van der Waals surface area contributed by atoms with Crippen LogP contribution in [0.5, 0.6) is 0 Å². The number of thioether (sulfide) groups is 1. The number of ether oxygens (including phenoxy) is 1. The number of nitrogens with one attached hydrogen (secondary N) is 1. The number of aromatic nitrogens is 2. The highest BCUT2D eigenvalue weighted by Crippen LogP contribution is 2.13. The topological polar surface area (TPSA) is 84.4 Å². The Labute approximate surface area is 121 Å². The molecule has 1 fully saturated rings. The molecule has 20 heavy (non-hydrogen) atoms. The molecule has 1 N–H and O–H groups in total. The number of rotatable bonds is 3. The predicted octanol–water partition coefficient (Wildman–Crippen LogP) is 0.481. The van der Waals surface area contributed by atoms with Crippen molar-refractivity contribution in [1.29, 1.82) is 0 Å². The third kappa shape index (κ3) is 3.26. The second-order valence-corrected chi connectivity index (χ2v) is 5.01. The van der Waals surface area contributed by atoms with Crippen molar-refractivity contribution in [3.8, 4) is 0 Å². The fraction of sp³-hybridized carbons (Fsp3) is 0.500. The van der Waals surface area contributed by atoms with E-state index in [4.69, 9.17) is 4.74 Å². The van der Waals surface area contributed by atoms with E-state index >= 15 is 0 Å². The molecule has 108 valence electrons. The summed E-state index contributed by atoms with van der Waals surface area (Å²) in [5.41, 5.74) is 3.19. The van der Waals surface area contributed by atoms with Crippen LogP contribution in [0.25, 0.3) is 0 Å². The molecule has 2 heterocycles. The van der Waals surface area contributed by atoms with Crippen molar-refractivity contribution in [2.75, 3.05) is 19.9 Å². The van der Waals surface area contributed by atoms with Gasteiger partial charge in [-0.15, -0.1) is 0 Å². The number of hydrogen-bond donors (Lipinski definition) is 1. The van der Waals surface area contributed by atoms with Crippen LogP contribution in [0.1, 0.15) is 23.3 Å². The molecule has 0 saturated carbocycles. The lowest BCUT2D eigenvalue weighted by atomic mass is 10.1. The van der Waals surface area contributed by atoms with Gasteiger partial charge in [0, 0.05) is 12.7 Å². The van der Waals surface area contributed by atoms with E-state index in [-0.39, 0.29) is 11.9 Å². The third-order valence-corrected chi connectivity index (χ3v) is 3.51. The molecular weight excluding hydrogens is 280 g/mol. The minimum atomic E-state index is -0.487. The van der Waals surface area contributed by atoms with E-state index in [1.807, 2.05) is 6.26 Å². The van der Waals surface area contributed by atoms with Gasteiger partial charge in [0.1, 0.15) is 11.7 Å². The third-order valence-electron chi connectivity index (χ3n) is 2.95. The molecular formula is C12H16N4O3S. The molecule has 1 aliphatic heterocycles. The maximum atomic E-state index is 12.3. The van der Waals surface area contributed by atoms with Crippen molar-refractivity contribution >= 4 is 23.6 Å². The average Bonchev–Trinajstić information content (AvgIpc) is 2.53. The van der Waals surface area contributed by atoms with E-state index in [2.05, 4.69) is 15.4 Å². The second-order valence-electron chi connectivity index (χ2n) is 4.23. The molecule has 1 saturated heterocycles. The standard InChI is InChI=1S/C12H16N4O3S/c1-19-11(18)9-4-3-7-16(15-9)10(17)8-5-6-13-12(14-8)20-2/h5-6,9,15H,3-4,7H2,1-2H3/t9-/m0/s1. The van der Waals surface area contributed by atoms with Gasteiger partial charge in [-0.3, -0.25) is 14.6 Å². The minimum Gasteiger partial charge on any atom is -0.468 e. The zero-order valence-electron chi connectivity index (χ0n) is 11.3. The highest BCUT2D eigenvalue weighted by Gasteiger charge is 2.29. The van der Waals surface area contributed by atoms with Gasteiger partial charge < -0.3 is 4.74 Å². The number of amides is 1. The van der Waals surface area contributed by atoms with E-state index in [1.165, 1.54) is 23.9 Å². The van der Waals surface area contributed by atoms with Crippen LogP contribution in [-0.2, 0) is 9.53 Å². The Balaban J connectivity index is 2.10. The molecule has 1 amide bonds. The SMILES string of the molecule is COC(=O)[C@@H]1CCCN(C(=O)c2ccnc(SC)n2)N1. The summed E-state index contributed by atoms with van der Waals surface area (Å²) in [4.78, 5) is 32.0. The van der Waals surface area contributed by atoms with Crippen LogP contribution < -0.4 is 5.43 Å². The van der Waals surface area contributed by atoms with Crippen molar-refractivity contribution in [3.63, 3.8) is 0 Å². The summed E-state index contributed by atoms with van der Waals surface area (Å²) in [6, 6.07) is 1.07. The molecule has 0 spiro atoms. The van der Waals surface area contributed by atoms with Crippen LogP contribution in [0.4, 0.5) is 0 Å². The molecule has 0 bridgehead atoms. The first kappa shape index (κ1) is 14.7. The Morgan fingerprint density at radius 2 is 2.35 bits per heavy atom. The largest absolute Gasteiger partial charge is 0.468 e. The lowest BCUT2D eigenvalue weighted by molar-refractivity contribution is -0.145. The Bertz CT molecular complexity index is 511. The molecule has 0 aliphatic carbocycles. The zero-order chi connectivity index (χ0) is 14.5. The molecule has 8 heteroatoms. The van der Waals surface area contributed by atoms with Crippen molar-refractivity contribution in [2.45, 2.75) is 24.0 Å². The first-order chi connectivity index (χ1) is 9.65. The summed E-state index contributed by atoms with van der Waals surface area (Å²) in [6.07, 6.45) is 4.78. The van der Waals surface area contributed by atoms with Gasteiger partial charge in [0.15, 0.2) is 5.16 Å². The fourth-order valence-electron chi connectivity index (χ4n) is 1.94. The van der Waals surface area contributed by atoms with Gasteiger partial charge in [-0.2, -0.15) is 0 Å². The van der Waals surface area contributed by atoms with Gasteiger partial charge in [0.25, 0.3) is 5.91 Å². The monoisotopic (exact) mass is 296 g/mol. The van der Waals surface area contributed by atoms with Crippen molar-refractivity contribution in [3.05, 3.63) is 18.0 Å². The summed E-state index contributed by atoms with van der Waals surface area (Å²) in [7, 11) is 1.33. The number of nitrogens with zero attached hydrogens (tertiary/aromatic N) is 3. The van der Waals surface area contributed by atoms with E-state index in [0.717, 1.165) is 6.42 Å². The summed E-state index contributed by atoms with van der Waals surface area (Å²) < 4.78 is 4.69. The van der Waals surface area contributed by atoms with Crippen molar-refractivity contribution in [2.24, 2.45) is 0 Å². The molecule has 7 nitrogen and oxygen atoms in total. The minimum absolute atomic E-state index is 0.267. The van der Waals surface area contributed by atoms with Gasteiger partial charge in [-0.1, -0.05) is 11.8 Å². The van der Waals surface area contributed by atoms with E-state index in [1.54, 1.807) is 12.3 Å². The van der Waals surface area contributed by atoms with E-state index in [0.29, 0.717) is 23.8 Å². The number of hydrogen-bond acceptors (Lipinski definition) is 7. The van der Waals surface area contributed by atoms with Crippen LogP contribution in [0.2, 0.25) is 0 Å². The van der Waals surface area contributed by atoms with E-state index in [9.17, 15) is 9.59 Å². The Kier molecular flexibility index (Phi) is 4.91. The zero-order valence-corrected chi connectivity index (χ0v) is 12.1. The van der Waals surface area contributed by atoms with Gasteiger partial charge in [-0.25, -0.2) is 15.4 Å². The lowest BCUT2D eigenvalue weighted by Crippen LogP contribution is -2.55. The Hall–Kier alpha value is -1.67. The molecule has 1 aromatic heterocycles. The Morgan fingerprint density at radius 3 is 3.05 bits per heavy atom. The quantitative estimate of drug-likeness (QED) is 0.493. The summed E-state index contributed by atoms with van der Waals surface area (Å²) in [5.74, 6) is -0.633. The van der Waals surface area contributed by atoms with Crippen LogP contribution in [0.15, 0.2) is 17.4 Å². The van der Waals surface area contributed by atoms with Crippen LogP contribution in [0, 0.1) is 0 Å². The van der Waals surface area contributed by atoms with Crippen LogP contribution in [-0.4, -0.2) is 52.8 Å². The number of methoxy groups -OCH3 is 1. The number of esters is 1. The first-order valence-electron chi connectivity index (χ1n) is 6.18. The smallest absolute Gasteiger partial charge is 0.324 e. The summed E-state index contributed by atoms with van der Waals surface area (Å²) >= 11 is 1.37. The molecule has 0 unspecified atom stereocenters. The number of hydrazine groups is 1. The lowest BCUT2D eigenvalue weighted by Gasteiger charge is -2.32. The van der Waals surface area contributed by atoms with Gasteiger partial charge in [0.2, 0.25) is 0 Å². The van der Waals surface area contributed by atoms with Crippen LogP contribution in [0.3, 0.4) is 0 Å². The molecule has 2 rings (SSSR count). The van der Waals surface area contributed by atoms with Gasteiger partial charge >= 0.3 is 5.97 Å². The maximum Gasteiger partial charge on any atom is 0.324 e. The maximum absolute atomic E-state index is 12.3. The van der Waals surface area contributed by atoms with Crippen LogP contribution >= 0.6 is 11.8 Å². The van der Waals surface area contributed by atoms with E-state index < -0.39 is 6.04 Å². The number of carbonyl (C=O) groups is 2. The first-order valence-corrected chi connectivity index (χ1v) is 7.41. The molecule has 1 aromatic rings. The van der Waals surface area contributed by atoms with Crippen molar-refractivity contribution in [1.82, 2.24) is 20.4 Å². The predicted molar refractivity (Wildman–Crippen MR) is 73.0 cm³/mol. The van der Waals surface area contributed by atoms with Gasteiger partial charge in [0.05, 0.1) is 7.11 Å². The highest BCUT2D eigenvalue weighted by atomic mass is 32.2. The molecule has 1 aliphatic rings.